The summed E-state index contributed by atoms with van der Waals surface area (Å²) in [4.78, 5) is 16.5. The predicted octanol–water partition coefficient (Wildman–Crippen LogP) is 4.35. The van der Waals surface area contributed by atoms with Gasteiger partial charge in [-0.05, 0) is 41.8 Å². The molecule has 6 heteroatoms. The van der Waals surface area contributed by atoms with E-state index in [0.29, 0.717) is 22.4 Å². The number of rotatable bonds is 4. The number of hydrogen-bond acceptors (Lipinski definition) is 4. The van der Waals surface area contributed by atoms with E-state index in [9.17, 15) is 14.3 Å². The summed E-state index contributed by atoms with van der Waals surface area (Å²) in [7, 11) is 1.52. The SMILES string of the molecule is CC.COc1cc(C)c(C(=O)n2ccnc2)cc1Cc1cccc(O)c1F. The predicted molar refractivity (Wildman–Crippen MR) is 102 cm³/mol. The topological polar surface area (TPSA) is 64.4 Å². The number of aromatic hydroxyl groups is 1. The normalized spacial score (nSPS) is 10.1. The van der Waals surface area contributed by atoms with Crippen LogP contribution in [0.25, 0.3) is 0 Å². The van der Waals surface area contributed by atoms with Gasteiger partial charge in [-0.1, -0.05) is 26.0 Å². The fraction of sp³-hybridized carbons (Fsp3) is 0.238. The lowest BCUT2D eigenvalue weighted by Gasteiger charge is -2.14. The molecule has 3 aromatic rings. The van der Waals surface area contributed by atoms with Crippen molar-refractivity contribution in [1.29, 1.82) is 0 Å². The van der Waals surface area contributed by atoms with E-state index >= 15 is 0 Å². The zero-order valence-corrected chi connectivity index (χ0v) is 15.9. The number of aromatic nitrogens is 2. The molecule has 1 N–H and O–H groups in total. The monoisotopic (exact) mass is 370 g/mol. The van der Waals surface area contributed by atoms with Crippen molar-refractivity contribution in [3.63, 3.8) is 0 Å². The maximum Gasteiger partial charge on any atom is 0.263 e. The van der Waals surface area contributed by atoms with Crippen molar-refractivity contribution >= 4 is 5.91 Å². The number of ether oxygens (including phenoxy) is 1. The van der Waals surface area contributed by atoms with E-state index in [-0.39, 0.29) is 12.3 Å². The molecule has 27 heavy (non-hydrogen) atoms. The van der Waals surface area contributed by atoms with Gasteiger partial charge in [-0.25, -0.2) is 9.37 Å². The summed E-state index contributed by atoms with van der Waals surface area (Å²) in [6.07, 6.45) is 4.72. The van der Waals surface area contributed by atoms with Crippen LogP contribution in [0.4, 0.5) is 4.39 Å². The Labute approximate surface area is 158 Å². The molecule has 0 bridgehead atoms. The van der Waals surface area contributed by atoms with Gasteiger partial charge in [0.15, 0.2) is 11.6 Å². The maximum atomic E-state index is 14.1. The maximum absolute atomic E-state index is 14.1. The molecule has 1 aromatic heterocycles. The summed E-state index contributed by atoms with van der Waals surface area (Å²) in [6, 6.07) is 7.90. The van der Waals surface area contributed by atoms with E-state index in [0.717, 1.165) is 5.56 Å². The smallest absolute Gasteiger partial charge is 0.263 e. The van der Waals surface area contributed by atoms with Gasteiger partial charge in [0.2, 0.25) is 0 Å². The molecule has 0 amide bonds. The van der Waals surface area contributed by atoms with Crippen molar-refractivity contribution in [2.24, 2.45) is 0 Å². The molecule has 2 aromatic carbocycles. The fourth-order valence-corrected chi connectivity index (χ4v) is 2.71. The number of phenols is 1. The summed E-state index contributed by atoms with van der Waals surface area (Å²) in [6.45, 7) is 5.81. The molecule has 0 spiro atoms. The standard InChI is InChI=1S/C19H17FN2O3.C2H6/c1-12-8-17(25-2)14(9-13-4-3-5-16(23)18(13)20)10-15(12)19(24)22-7-6-21-11-22;1-2/h3-8,10-11,23H,9H2,1-2H3;1-2H3. The highest BCUT2D eigenvalue weighted by molar-refractivity contribution is 5.97. The minimum atomic E-state index is -0.674. The number of hydrogen-bond donors (Lipinski definition) is 1. The summed E-state index contributed by atoms with van der Waals surface area (Å²) in [5.41, 5.74) is 2.20. The van der Waals surface area contributed by atoms with Gasteiger partial charge in [-0.15, -0.1) is 0 Å². The molecule has 0 aliphatic carbocycles. The molecule has 1 heterocycles. The molecule has 0 aliphatic rings. The first kappa shape index (κ1) is 20.2. The molecule has 0 radical (unpaired) electrons. The molecule has 142 valence electrons. The molecular weight excluding hydrogens is 347 g/mol. The summed E-state index contributed by atoms with van der Waals surface area (Å²) < 4.78 is 20.9. The first-order valence-corrected chi connectivity index (χ1v) is 8.67. The number of halogens is 1. The van der Waals surface area contributed by atoms with Crippen molar-refractivity contribution in [2.75, 3.05) is 7.11 Å². The number of carbonyl (C=O) groups is 1. The Morgan fingerprint density at radius 3 is 2.63 bits per heavy atom. The molecule has 0 saturated heterocycles. The highest BCUT2D eigenvalue weighted by atomic mass is 19.1. The fourth-order valence-electron chi connectivity index (χ4n) is 2.71. The van der Waals surface area contributed by atoms with E-state index in [1.165, 1.54) is 30.3 Å². The lowest BCUT2D eigenvalue weighted by atomic mass is 9.97. The van der Waals surface area contributed by atoms with E-state index in [1.54, 1.807) is 30.5 Å². The van der Waals surface area contributed by atoms with E-state index < -0.39 is 11.6 Å². The lowest BCUT2D eigenvalue weighted by molar-refractivity contribution is 0.0959. The van der Waals surface area contributed by atoms with Gasteiger partial charge in [0.1, 0.15) is 12.1 Å². The second kappa shape index (κ2) is 8.98. The Kier molecular flexibility index (Phi) is 6.71. The summed E-state index contributed by atoms with van der Waals surface area (Å²) in [5.74, 6) is -0.747. The molecular formula is C21H23FN2O3. The highest BCUT2D eigenvalue weighted by Crippen LogP contribution is 2.29. The largest absolute Gasteiger partial charge is 0.505 e. The number of carbonyl (C=O) groups excluding carboxylic acids is 1. The van der Waals surface area contributed by atoms with E-state index in [2.05, 4.69) is 4.98 Å². The van der Waals surface area contributed by atoms with Crippen LogP contribution >= 0.6 is 0 Å². The minimum Gasteiger partial charge on any atom is -0.505 e. The van der Waals surface area contributed by atoms with Crippen LogP contribution in [0.3, 0.4) is 0 Å². The van der Waals surface area contributed by atoms with Crippen LogP contribution in [-0.2, 0) is 6.42 Å². The minimum absolute atomic E-state index is 0.188. The Morgan fingerprint density at radius 2 is 2.00 bits per heavy atom. The van der Waals surface area contributed by atoms with Crippen molar-refractivity contribution in [3.05, 3.63) is 77.1 Å². The molecule has 0 fully saturated rings. The van der Waals surface area contributed by atoms with Crippen LogP contribution in [-0.4, -0.2) is 27.7 Å². The van der Waals surface area contributed by atoms with E-state index in [1.807, 2.05) is 20.8 Å². The first-order chi connectivity index (χ1) is 13.0. The van der Waals surface area contributed by atoms with Gasteiger partial charge in [0, 0.05) is 24.4 Å². The van der Waals surface area contributed by atoms with Crippen LogP contribution in [0, 0.1) is 12.7 Å². The third-order valence-corrected chi connectivity index (χ3v) is 4.04. The molecule has 5 nitrogen and oxygen atoms in total. The van der Waals surface area contributed by atoms with Crippen molar-refractivity contribution in [1.82, 2.24) is 9.55 Å². The van der Waals surface area contributed by atoms with Gasteiger partial charge < -0.3 is 9.84 Å². The molecule has 0 saturated carbocycles. The van der Waals surface area contributed by atoms with Gasteiger partial charge >= 0.3 is 0 Å². The Morgan fingerprint density at radius 1 is 1.26 bits per heavy atom. The summed E-state index contributed by atoms with van der Waals surface area (Å²) in [5, 5.41) is 9.55. The number of imidazole rings is 1. The van der Waals surface area contributed by atoms with Crippen molar-refractivity contribution < 1.29 is 19.0 Å². The van der Waals surface area contributed by atoms with Gasteiger partial charge in [0.25, 0.3) is 5.91 Å². The average molecular weight is 370 g/mol. The number of aryl methyl sites for hydroxylation is 1. The van der Waals surface area contributed by atoms with Crippen LogP contribution in [0.2, 0.25) is 0 Å². The van der Waals surface area contributed by atoms with Crippen molar-refractivity contribution in [2.45, 2.75) is 27.2 Å². The highest BCUT2D eigenvalue weighted by Gasteiger charge is 2.17. The second-order valence-electron chi connectivity index (χ2n) is 5.68. The molecule has 0 aliphatic heterocycles. The van der Waals surface area contributed by atoms with Gasteiger partial charge in [-0.3, -0.25) is 9.36 Å². The third-order valence-electron chi connectivity index (χ3n) is 4.04. The van der Waals surface area contributed by atoms with Crippen molar-refractivity contribution in [3.8, 4) is 11.5 Å². The molecule has 0 unspecified atom stereocenters. The summed E-state index contributed by atoms with van der Waals surface area (Å²) >= 11 is 0. The van der Waals surface area contributed by atoms with Crippen LogP contribution in [0.15, 0.2) is 49.1 Å². The zero-order chi connectivity index (χ0) is 20.0. The Balaban J connectivity index is 0.00000126. The number of phenolic OH excluding ortho intramolecular Hbond substituents is 1. The molecule has 3 rings (SSSR count). The quantitative estimate of drug-likeness (QED) is 0.742. The van der Waals surface area contributed by atoms with Gasteiger partial charge in [0.05, 0.1) is 7.11 Å². The van der Waals surface area contributed by atoms with E-state index in [4.69, 9.17) is 4.74 Å². The average Bonchev–Trinajstić information content (AvgIpc) is 3.22. The number of methoxy groups -OCH3 is 1. The third kappa shape index (κ3) is 4.34. The lowest BCUT2D eigenvalue weighted by Crippen LogP contribution is -2.12. The zero-order valence-electron chi connectivity index (χ0n) is 15.9. The first-order valence-electron chi connectivity index (χ1n) is 8.67. The van der Waals surface area contributed by atoms with Crippen LogP contribution in [0.5, 0.6) is 11.5 Å². The van der Waals surface area contributed by atoms with Gasteiger partial charge in [-0.2, -0.15) is 0 Å². The Hall–Kier alpha value is -3.15. The Bertz CT molecular complexity index is 921. The second-order valence-corrected chi connectivity index (χ2v) is 5.68. The number of benzene rings is 2. The van der Waals surface area contributed by atoms with Crippen LogP contribution in [0.1, 0.15) is 40.9 Å². The van der Waals surface area contributed by atoms with Crippen LogP contribution < -0.4 is 4.74 Å². The number of nitrogens with zero attached hydrogens (tertiary/aromatic N) is 2. The molecule has 0 atom stereocenters.